The molecule has 0 saturated carbocycles. The summed E-state index contributed by atoms with van der Waals surface area (Å²) in [5.41, 5.74) is 0. The number of carbonyl (C=O) groups is 2. The summed E-state index contributed by atoms with van der Waals surface area (Å²) >= 11 is 0. The van der Waals surface area contributed by atoms with Crippen molar-refractivity contribution in [1.29, 1.82) is 0 Å². The first-order valence-electron chi connectivity index (χ1n) is 4.78. The molecule has 0 radical (unpaired) electrons. The predicted molar refractivity (Wildman–Crippen MR) is 53.0 cm³/mol. The number of nitrogens with one attached hydrogen (secondary N) is 2. The van der Waals surface area contributed by atoms with Gasteiger partial charge in [0.1, 0.15) is 6.04 Å². The van der Waals surface area contributed by atoms with Crippen LogP contribution in [-0.2, 0) is 9.59 Å². The summed E-state index contributed by atoms with van der Waals surface area (Å²) in [7, 11) is 1.64. The summed E-state index contributed by atoms with van der Waals surface area (Å²) in [6, 6.07) is -0.754. The fourth-order valence-corrected chi connectivity index (χ4v) is 1.07. The second-order valence-corrected chi connectivity index (χ2v) is 3.13. The lowest BCUT2D eigenvalue weighted by molar-refractivity contribution is -0.141. The van der Waals surface area contributed by atoms with Crippen LogP contribution in [0.25, 0.3) is 0 Å². The number of carboxylic acid groups (broad SMARTS) is 1. The van der Waals surface area contributed by atoms with E-state index in [0.29, 0.717) is 6.42 Å². The summed E-state index contributed by atoms with van der Waals surface area (Å²) in [4.78, 5) is 21.8. The zero-order chi connectivity index (χ0) is 11.0. The van der Waals surface area contributed by atoms with Crippen LogP contribution in [0.1, 0.15) is 26.2 Å². The van der Waals surface area contributed by atoms with E-state index < -0.39 is 12.0 Å². The number of amides is 1. The predicted octanol–water partition coefficient (Wildman–Crippen LogP) is -0.0346. The minimum atomic E-state index is -0.970. The Bertz CT molecular complexity index is 194. The number of carbonyl (C=O) groups excluding carboxylic acids is 1. The van der Waals surface area contributed by atoms with Crippen molar-refractivity contribution in [3.8, 4) is 0 Å². The smallest absolute Gasteiger partial charge is 0.326 e. The molecule has 1 amide bonds. The minimum absolute atomic E-state index is 0.149. The van der Waals surface area contributed by atoms with Crippen LogP contribution in [0, 0.1) is 0 Å². The van der Waals surface area contributed by atoms with Crippen molar-refractivity contribution in [2.24, 2.45) is 0 Å². The van der Waals surface area contributed by atoms with Gasteiger partial charge in [-0.3, -0.25) is 4.79 Å². The Morgan fingerprint density at radius 1 is 1.43 bits per heavy atom. The molecule has 0 unspecified atom stereocenters. The Morgan fingerprint density at radius 2 is 2.07 bits per heavy atom. The van der Waals surface area contributed by atoms with Crippen LogP contribution < -0.4 is 10.6 Å². The van der Waals surface area contributed by atoms with Crippen molar-refractivity contribution in [2.75, 3.05) is 13.6 Å². The molecule has 14 heavy (non-hydrogen) atoms. The Balaban J connectivity index is 3.95. The van der Waals surface area contributed by atoms with Crippen LogP contribution >= 0.6 is 0 Å². The average molecular weight is 202 g/mol. The van der Waals surface area contributed by atoms with Crippen molar-refractivity contribution >= 4 is 11.9 Å². The first-order chi connectivity index (χ1) is 6.61. The van der Waals surface area contributed by atoms with Gasteiger partial charge >= 0.3 is 5.97 Å². The molecule has 5 nitrogen and oxygen atoms in total. The lowest BCUT2D eigenvalue weighted by Crippen LogP contribution is -2.44. The molecule has 0 aromatic rings. The van der Waals surface area contributed by atoms with Gasteiger partial charge in [-0.25, -0.2) is 4.79 Å². The van der Waals surface area contributed by atoms with Gasteiger partial charge in [-0.2, -0.15) is 0 Å². The van der Waals surface area contributed by atoms with E-state index in [1.807, 2.05) is 6.92 Å². The summed E-state index contributed by atoms with van der Waals surface area (Å²) in [5, 5.41) is 13.9. The van der Waals surface area contributed by atoms with Gasteiger partial charge in [0.15, 0.2) is 0 Å². The standard InChI is InChI=1S/C9H18N2O3/c1-3-4-5-7(9(13)14)11-8(12)6-10-2/h7,10H,3-6H2,1-2H3,(H,11,12)(H,13,14)/t7-/m0/s1. The largest absolute Gasteiger partial charge is 0.480 e. The maximum Gasteiger partial charge on any atom is 0.326 e. The molecule has 0 fully saturated rings. The summed E-state index contributed by atoms with van der Waals surface area (Å²) in [5.74, 6) is -1.25. The first kappa shape index (κ1) is 12.9. The van der Waals surface area contributed by atoms with Crippen LogP contribution in [0.15, 0.2) is 0 Å². The quantitative estimate of drug-likeness (QED) is 0.541. The van der Waals surface area contributed by atoms with Crippen molar-refractivity contribution in [2.45, 2.75) is 32.2 Å². The normalized spacial score (nSPS) is 12.1. The second kappa shape index (κ2) is 7.32. The number of likely N-dealkylation sites (N-methyl/N-ethyl adjacent to an activating group) is 1. The molecule has 0 rings (SSSR count). The Kier molecular flexibility index (Phi) is 6.74. The number of hydrogen-bond donors (Lipinski definition) is 3. The van der Waals surface area contributed by atoms with E-state index in [4.69, 9.17) is 5.11 Å². The molecular weight excluding hydrogens is 184 g/mol. The average Bonchev–Trinajstić information content (AvgIpc) is 2.12. The van der Waals surface area contributed by atoms with Crippen LogP contribution in [0.4, 0.5) is 0 Å². The van der Waals surface area contributed by atoms with Gasteiger partial charge < -0.3 is 15.7 Å². The van der Waals surface area contributed by atoms with E-state index >= 15 is 0 Å². The highest BCUT2D eigenvalue weighted by Crippen LogP contribution is 2.00. The number of hydrogen-bond acceptors (Lipinski definition) is 3. The molecule has 0 spiro atoms. The van der Waals surface area contributed by atoms with E-state index in [9.17, 15) is 9.59 Å². The minimum Gasteiger partial charge on any atom is -0.480 e. The number of carboxylic acids is 1. The van der Waals surface area contributed by atoms with Gasteiger partial charge in [-0.05, 0) is 13.5 Å². The summed E-state index contributed by atoms with van der Waals surface area (Å²) in [6.45, 7) is 2.13. The van der Waals surface area contributed by atoms with Gasteiger partial charge in [-0.15, -0.1) is 0 Å². The highest BCUT2D eigenvalue weighted by atomic mass is 16.4. The van der Waals surface area contributed by atoms with E-state index in [-0.39, 0.29) is 12.5 Å². The fourth-order valence-electron chi connectivity index (χ4n) is 1.07. The van der Waals surface area contributed by atoms with E-state index in [1.54, 1.807) is 7.05 Å². The van der Waals surface area contributed by atoms with Crippen LogP contribution in [0.5, 0.6) is 0 Å². The van der Waals surface area contributed by atoms with Gasteiger partial charge in [0.05, 0.1) is 6.54 Å². The van der Waals surface area contributed by atoms with Gasteiger partial charge in [0.25, 0.3) is 0 Å². The maximum absolute atomic E-state index is 11.1. The Hall–Kier alpha value is -1.10. The van der Waals surface area contributed by atoms with Gasteiger partial charge in [-0.1, -0.05) is 19.8 Å². The van der Waals surface area contributed by atoms with Crippen LogP contribution in [0.2, 0.25) is 0 Å². The van der Waals surface area contributed by atoms with Gasteiger partial charge in [0.2, 0.25) is 5.91 Å². The molecule has 82 valence electrons. The van der Waals surface area contributed by atoms with Crippen molar-refractivity contribution < 1.29 is 14.7 Å². The lowest BCUT2D eigenvalue weighted by atomic mass is 10.1. The number of unbranched alkanes of at least 4 members (excludes halogenated alkanes) is 1. The topological polar surface area (TPSA) is 78.4 Å². The SMILES string of the molecule is CCCC[C@H](NC(=O)CNC)C(=O)O. The van der Waals surface area contributed by atoms with Crippen molar-refractivity contribution in [1.82, 2.24) is 10.6 Å². The Morgan fingerprint density at radius 3 is 2.50 bits per heavy atom. The maximum atomic E-state index is 11.1. The van der Waals surface area contributed by atoms with Crippen molar-refractivity contribution in [3.05, 3.63) is 0 Å². The van der Waals surface area contributed by atoms with Crippen LogP contribution in [-0.4, -0.2) is 36.6 Å². The molecule has 5 heteroatoms. The summed E-state index contributed by atoms with van der Waals surface area (Å²) in [6.07, 6.45) is 2.21. The molecular formula is C9H18N2O3. The third-order valence-corrected chi connectivity index (χ3v) is 1.82. The second-order valence-electron chi connectivity index (χ2n) is 3.13. The monoisotopic (exact) mass is 202 g/mol. The molecule has 0 aliphatic rings. The molecule has 0 aromatic heterocycles. The molecule has 1 atom stereocenters. The van der Waals surface area contributed by atoms with Gasteiger partial charge in [0, 0.05) is 0 Å². The highest BCUT2D eigenvalue weighted by molar-refractivity contribution is 5.84. The third-order valence-electron chi connectivity index (χ3n) is 1.82. The van der Waals surface area contributed by atoms with E-state index in [1.165, 1.54) is 0 Å². The zero-order valence-electron chi connectivity index (χ0n) is 8.67. The first-order valence-corrected chi connectivity index (χ1v) is 4.78. The van der Waals surface area contributed by atoms with Crippen molar-refractivity contribution in [3.63, 3.8) is 0 Å². The molecule has 0 aliphatic carbocycles. The summed E-state index contributed by atoms with van der Waals surface area (Å²) < 4.78 is 0. The molecule has 3 N–H and O–H groups in total. The lowest BCUT2D eigenvalue weighted by Gasteiger charge is -2.13. The highest BCUT2D eigenvalue weighted by Gasteiger charge is 2.18. The third kappa shape index (κ3) is 5.53. The molecule has 0 saturated heterocycles. The molecule has 0 aliphatic heterocycles. The van der Waals surface area contributed by atoms with E-state index in [2.05, 4.69) is 10.6 Å². The fraction of sp³-hybridized carbons (Fsp3) is 0.778. The van der Waals surface area contributed by atoms with Crippen LogP contribution in [0.3, 0.4) is 0 Å². The van der Waals surface area contributed by atoms with E-state index in [0.717, 1.165) is 12.8 Å². The number of rotatable bonds is 7. The zero-order valence-corrected chi connectivity index (χ0v) is 8.67. The molecule has 0 bridgehead atoms. The Labute approximate surface area is 83.9 Å². The molecule has 0 heterocycles. The number of aliphatic carboxylic acids is 1. The molecule has 0 aromatic carbocycles.